The Labute approximate surface area is 151 Å². The van der Waals surface area contributed by atoms with Crippen LogP contribution >= 0.6 is 11.6 Å². The van der Waals surface area contributed by atoms with Crippen LogP contribution in [0.4, 0.5) is 0 Å². The predicted molar refractivity (Wildman–Crippen MR) is 101 cm³/mol. The third kappa shape index (κ3) is 6.61. The molecule has 2 rings (SSSR count). The van der Waals surface area contributed by atoms with Crippen LogP contribution in [-0.2, 0) is 4.79 Å². The summed E-state index contributed by atoms with van der Waals surface area (Å²) < 4.78 is 0. The maximum absolute atomic E-state index is 11.9. The summed E-state index contributed by atoms with van der Waals surface area (Å²) >= 11 is 5.83. The number of allylic oxidation sites excluding steroid dienone is 1. The molecule has 0 atom stereocenters. The van der Waals surface area contributed by atoms with Crippen molar-refractivity contribution in [3.8, 4) is 0 Å². The van der Waals surface area contributed by atoms with Crippen LogP contribution in [0, 0.1) is 0 Å². The van der Waals surface area contributed by atoms with Crippen LogP contribution in [0.1, 0.15) is 22.8 Å². The molecule has 2 amide bonds. The molecular formula is C19H18ClN3O2. The van der Waals surface area contributed by atoms with Gasteiger partial charge < -0.3 is 5.32 Å². The Bertz CT molecular complexity index is 801. The van der Waals surface area contributed by atoms with Crippen molar-refractivity contribution in [1.29, 1.82) is 0 Å². The fourth-order valence-corrected chi connectivity index (χ4v) is 2.09. The van der Waals surface area contributed by atoms with Crippen LogP contribution in [0.3, 0.4) is 0 Å². The summed E-state index contributed by atoms with van der Waals surface area (Å²) in [6.07, 6.45) is 3.69. The van der Waals surface area contributed by atoms with Gasteiger partial charge in [-0.25, -0.2) is 5.43 Å². The molecule has 0 aliphatic carbocycles. The minimum Gasteiger partial charge on any atom is -0.343 e. The monoisotopic (exact) mass is 355 g/mol. The van der Waals surface area contributed by atoms with Crippen LogP contribution in [0.15, 0.2) is 65.8 Å². The van der Waals surface area contributed by atoms with Crippen LogP contribution in [0.2, 0.25) is 5.02 Å². The number of hydrogen-bond donors (Lipinski definition) is 2. The van der Waals surface area contributed by atoms with Gasteiger partial charge in [0.2, 0.25) is 0 Å². The van der Waals surface area contributed by atoms with Crippen molar-refractivity contribution in [3.63, 3.8) is 0 Å². The zero-order chi connectivity index (χ0) is 18.1. The molecule has 2 aromatic rings. The average molecular weight is 356 g/mol. The Morgan fingerprint density at radius 2 is 1.88 bits per heavy atom. The number of carbonyl (C=O) groups is 2. The van der Waals surface area contributed by atoms with E-state index in [1.165, 1.54) is 6.07 Å². The highest BCUT2D eigenvalue weighted by molar-refractivity contribution is 6.31. The van der Waals surface area contributed by atoms with Crippen molar-refractivity contribution >= 4 is 35.2 Å². The molecule has 0 unspecified atom stereocenters. The highest BCUT2D eigenvalue weighted by Gasteiger charge is 2.07. The van der Waals surface area contributed by atoms with E-state index < -0.39 is 5.91 Å². The summed E-state index contributed by atoms with van der Waals surface area (Å²) in [6.45, 7) is 1.59. The lowest BCUT2D eigenvalue weighted by molar-refractivity contribution is -0.120. The summed E-state index contributed by atoms with van der Waals surface area (Å²) in [5, 5.41) is 6.93. The van der Waals surface area contributed by atoms with Crippen LogP contribution < -0.4 is 10.7 Å². The molecular weight excluding hydrogens is 338 g/mol. The fraction of sp³-hybridized carbons (Fsp3) is 0.105. The first kappa shape index (κ1) is 18.4. The molecule has 0 saturated carbocycles. The highest BCUT2D eigenvalue weighted by Crippen LogP contribution is 2.10. The van der Waals surface area contributed by atoms with E-state index in [-0.39, 0.29) is 12.5 Å². The fourth-order valence-electron chi connectivity index (χ4n) is 1.90. The molecule has 0 radical (unpaired) electrons. The molecule has 2 N–H and O–H groups in total. The van der Waals surface area contributed by atoms with Crippen molar-refractivity contribution in [3.05, 3.63) is 76.8 Å². The number of benzene rings is 2. The summed E-state index contributed by atoms with van der Waals surface area (Å²) in [6, 6.07) is 16.3. The zero-order valence-electron chi connectivity index (χ0n) is 13.7. The van der Waals surface area contributed by atoms with E-state index in [9.17, 15) is 9.59 Å². The molecule has 25 heavy (non-hydrogen) atoms. The SMILES string of the molecule is CC(C=Cc1ccccc1)=NNC(=O)CNC(=O)c1cccc(Cl)c1. The normalized spacial score (nSPS) is 11.4. The Morgan fingerprint density at radius 3 is 2.60 bits per heavy atom. The molecule has 2 aromatic carbocycles. The lowest BCUT2D eigenvalue weighted by Crippen LogP contribution is -2.35. The molecule has 0 saturated heterocycles. The quantitative estimate of drug-likeness (QED) is 0.616. The van der Waals surface area contributed by atoms with Crippen LogP contribution in [0.25, 0.3) is 6.08 Å². The van der Waals surface area contributed by atoms with Gasteiger partial charge in [-0.3, -0.25) is 9.59 Å². The van der Waals surface area contributed by atoms with E-state index in [4.69, 9.17) is 11.6 Å². The first-order valence-corrected chi connectivity index (χ1v) is 8.02. The average Bonchev–Trinajstić information content (AvgIpc) is 2.63. The largest absolute Gasteiger partial charge is 0.343 e. The molecule has 0 fully saturated rings. The van der Waals surface area contributed by atoms with Gasteiger partial charge in [0.1, 0.15) is 0 Å². The van der Waals surface area contributed by atoms with Crippen LogP contribution in [0.5, 0.6) is 0 Å². The van der Waals surface area contributed by atoms with Crippen molar-refractivity contribution in [2.24, 2.45) is 5.10 Å². The van der Waals surface area contributed by atoms with E-state index in [0.29, 0.717) is 16.3 Å². The minimum atomic E-state index is -0.414. The molecule has 0 bridgehead atoms. The number of hydrazone groups is 1. The molecule has 0 aliphatic heterocycles. The predicted octanol–water partition coefficient (Wildman–Crippen LogP) is 3.28. The lowest BCUT2D eigenvalue weighted by atomic mass is 10.2. The van der Waals surface area contributed by atoms with E-state index in [0.717, 1.165) is 5.56 Å². The number of carbonyl (C=O) groups excluding carboxylic acids is 2. The number of rotatable bonds is 6. The van der Waals surface area contributed by atoms with E-state index in [1.807, 2.05) is 36.4 Å². The van der Waals surface area contributed by atoms with Gasteiger partial charge >= 0.3 is 0 Å². The number of hydrogen-bond acceptors (Lipinski definition) is 3. The number of amides is 2. The highest BCUT2D eigenvalue weighted by atomic mass is 35.5. The van der Waals surface area contributed by atoms with Gasteiger partial charge in [-0.1, -0.05) is 54.1 Å². The first-order valence-electron chi connectivity index (χ1n) is 7.64. The molecule has 6 heteroatoms. The third-order valence-electron chi connectivity index (χ3n) is 3.17. The number of nitrogens with one attached hydrogen (secondary N) is 2. The van der Waals surface area contributed by atoms with E-state index >= 15 is 0 Å². The van der Waals surface area contributed by atoms with Gasteiger partial charge in [0.15, 0.2) is 0 Å². The van der Waals surface area contributed by atoms with Gasteiger partial charge in [0.05, 0.1) is 12.3 Å². The maximum Gasteiger partial charge on any atom is 0.259 e. The van der Waals surface area contributed by atoms with Crippen molar-refractivity contribution in [1.82, 2.24) is 10.7 Å². The Balaban J connectivity index is 1.79. The van der Waals surface area contributed by atoms with Gasteiger partial charge in [-0.05, 0) is 36.8 Å². The second-order valence-electron chi connectivity index (χ2n) is 5.23. The van der Waals surface area contributed by atoms with Crippen molar-refractivity contribution in [2.75, 3.05) is 6.54 Å². The topological polar surface area (TPSA) is 70.6 Å². The molecule has 0 heterocycles. The van der Waals surface area contributed by atoms with Gasteiger partial charge in [0.25, 0.3) is 11.8 Å². The second-order valence-corrected chi connectivity index (χ2v) is 5.66. The third-order valence-corrected chi connectivity index (χ3v) is 3.40. The zero-order valence-corrected chi connectivity index (χ0v) is 14.5. The second kappa shape index (κ2) is 9.39. The molecule has 0 aromatic heterocycles. The smallest absolute Gasteiger partial charge is 0.259 e. The van der Waals surface area contributed by atoms with Crippen LogP contribution in [-0.4, -0.2) is 24.1 Å². The summed E-state index contributed by atoms with van der Waals surface area (Å²) in [5.74, 6) is -0.787. The van der Waals surface area contributed by atoms with E-state index in [1.54, 1.807) is 31.2 Å². The molecule has 0 aliphatic rings. The summed E-state index contributed by atoms with van der Waals surface area (Å²) in [4.78, 5) is 23.6. The first-order chi connectivity index (χ1) is 12.0. The Kier molecular flexibility index (Phi) is 6.92. The summed E-state index contributed by atoms with van der Waals surface area (Å²) in [7, 11) is 0. The van der Waals surface area contributed by atoms with Gasteiger partial charge in [-0.15, -0.1) is 0 Å². The van der Waals surface area contributed by atoms with Gasteiger partial charge in [-0.2, -0.15) is 5.10 Å². The van der Waals surface area contributed by atoms with Gasteiger partial charge in [0, 0.05) is 10.6 Å². The Morgan fingerprint density at radius 1 is 1.12 bits per heavy atom. The number of nitrogens with zero attached hydrogens (tertiary/aromatic N) is 1. The van der Waals surface area contributed by atoms with E-state index in [2.05, 4.69) is 15.8 Å². The number of halogens is 1. The molecule has 5 nitrogen and oxygen atoms in total. The summed E-state index contributed by atoms with van der Waals surface area (Å²) in [5.41, 5.74) is 4.46. The minimum absolute atomic E-state index is 0.176. The maximum atomic E-state index is 11.9. The van der Waals surface area contributed by atoms with Crippen molar-refractivity contribution in [2.45, 2.75) is 6.92 Å². The standard InChI is InChI=1S/C19H18ClN3O2/c1-14(10-11-15-6-3-2-4-7-15)22-23-18(24)13-21-19(25)16-8-5-9-17(20)12-16/h2-12H,13H2,1H3,(H,21,25)(H,23,24). The Hall–Kier alpha value is -2.92. The molecule has 128 valence electrons. The van der Waals surface area contributed by atoms with Crippen molar-refractivity contribution < 1.29 is 9.59 Å². The molecule has 0 spiro atoms. The lowest BCUT2D eigenvalue weighted by Gasteiger charge is -2.05.